The fourth-order valence-corrected chi connectivity index (χ4v) is 3.14. The zero-order valence-corrected chi connectivity index (χ0v) is 9.59. The first-order chi connectivity index (χ1) is 6.46. The molecule has 14 heavy (non-hydrogen) atoms. The molecule has 0 heterocycles. The third-order valence-corrected chi connectivity index (χ3v) is 3.90. The Balaban J connectivity index is 1.81. The lowest BCUT2D eigenvalue weighted by atomic mass is 9.88. The highest BCUT2D eigenvalue weighted by atomic mass is 16.3. The molecule has 2 rings (SSSR count). The van der Waals surface area contributed by atoms with Crippen LogP contribution in [0.5, 0.6) is 0 Å². The maximum absolute atomic E-state index is 9.22. The number of hydrogen-bond acceptors (Lipinski definition) is 2. The summed E-state index contributed by atoms with van der Waals surface area (Å²) >= 11 is 0. The summed E-state index contributed by atoms with van der Waals surface area (Å²) in [6, 6.07) is 1.27. The SMILES string of the molecule is CC1CC(C)(C)CC1NC1CC(O)C1. The predicted molar refractivity (Wildman–Crippen MR) is 58.1 cm³/mol. The average Bonchev–Trinajstić information content (AvgIpc) is 2.22. The van der Waals surface area contributed by atoms with E-state index in [1.807, 2.05) is 0 Å². The molecule has 82 valence electrons. The van der Waals surface area contributed by atoms with Crippen molar-refractivity contribution < 1.29 is 5.11 Å². The number of rotatable bonds is 2. The van der Waals surface area contributed by atoms with E-state index in [9.17, 15) is 5.11 Å². The molecule has 2 N–H and O–H groups in total. The second kappa shape index (κ2) is 3.49. The van der Waals surface area contributed by atoms with Crippen molar-refractivity contribution in [3.63, 3.8) is 0 Å². The summed E-state index contributed by atoms with van der Waals surface area (Å²) in [7, 11) is 0. The van der Waals surface area contributed by atoms with E-state index in [0.29, 0.717) is 17.5 Å². The fraction of sp³-hybridized carbons (Fsp3) is 1.00. The molecule has 2 atom stereocenters. The van der Waals surface area contributed by atoms with Gasteiger partial charge in [0.05, 0.1) is 6.10 Å². The first-order valence-corrected chi connectivity index (χ1v) is 5.90. The van der Waals surface area contributed by atoms with E-state index in [1.165, 1.54) is 12.8 Å². The van der Waals surface area contributed by atoms with Crippen molar-refractivity contribution in [1.82, 2.24) is 5.32 Å². The van der Waals surface area contributed by atoms with Crippen molar-refractivity contribution >= 4 is 0 Å². The standard InChI is InChI=1S/C12H23NO/c1-8-6-12(2,3)7-11(8)13-9-4-10(14)5-9/h8-11,13-14H,4-7H2,1-3H3. The minimum atomic E-state index is -0.0304. The summed E-state index contributed by atoms with van der Waals surface area (Å²) in [5.41, 5.74) is 0.513. The van der Waals surface area contributed by atoms with Crippen molar-refractivity contribution in [3.8, 4) is 0 Å². The lowest BCUT2D eigenvalue weighted by Crippen LogP contribution is -2.49. The van der Waals surface area contributed by atoms with Gasteiger partial charge in [-0.15, -0.1) is 0 Å². The van der Waals surface area contributed by atoms with Gasteiger partial charge in [0.25, 0.3) is 0 Å². The maximum Gasteiger partial charge on any atom is 0.0570 e. The van der Waals surface area contributed by atoms with Crippen LogP contribution in [-0.4, -0.2) is 23.3 Å². The molecule has 2 aliphatic carbocycles. The minimum absolute atomic E-state index is 0.0304. The Morgan fingerprint density at radius 3 is 2.29 bits per heavy atom. The van der Waals surface area contributed by atoms with Crippen molar-refractivity contribution in [2.75, 3.05) is 0 Å². The monoisotopic (exact) mass is 197 g/mol. The van der Waals surface area contributed by atoms with Gasteiger partial charge in [-0.25, -0.2) is 0 Å². The van der Waals surface area contributed by atoms with Crippen molar-refractivity contribution in [3.05, 3.63) is 0 Å². The van der Waals surface area contributed by atoms with Gasteiger partial charge >= 0.3 is 0 Å². The second-order valence-electron chi connectivity index (χ2n) is 6.15. The molecule has 0 aliphatic heterocycles. The molecular weight excluding hydrogens is 174 g/mol. The number of nitrogens with one attached hydrogen (secondary N) is 1. The Morgan fingerprint density at radius 1 is 1.21 bits per heavy atom. The Hall–Kier alpha value is -0.0800. The molecule has 0 aromatic carbocycles. The smallest absolute Gasteiger partial charge is 0.0570 e. The highest BCUT2D eigenvalue weighted by Crippen LogP contribution is 2.41. The van der Waals surface area contributed by atoms with Gasteiger partial charge in [-0.3, -0.25) is 0 Å². The third-order valence-electron chi connectivity index (χ3n) is 3.90. The molecule has 0 aromatic heterocycles. The minimum Gasteiger partial charge on any atom is -0.393 e. The van der Waals surface area contributed by atoms with Gasteiger partial charge < -0.3 is 10.4 Å². The third kappa shape index (κ3) is 2.12. The van der Waals surface area contributed by atoms with Gasteiger partial charge in [-0.1, -0.05) is 20.8 Å². The van der Waals surface area contributed by atoms with E-state index in [-0.39, 0.29) is 6.10 Å². The van der Waals surface area contributed by atoms with Crippen LogP contribution in [0.1, 0.15) is 46.5 Å². The lowest BCUT2D eigenvalue weighted by molar-refractivity contribution is 0.0555. The van der Waals surface area contributed by atoms with Crippen LogP contribution in [0, 0.1) is 11.3 Å². The molecule has 2 saturated carbocycles. The summed E-state index contributed by atoms with van der Waals surface area (Å²) in [6.07, 6.45) is 4.52. The largest absolute Gasteiger partial charge is 0.393 e. The van der Waals surface area contributed by atoms with E-state index in [0.717, 1.165) is 18.8 Å². The number of aliphatic hydroxyl groups is 1. The van der Waals surface area contributed by atoms with Crippen LogP contribution in [0.4, 0.5) is 0 Å². The Labute approximate surface area is 87.1 Å². The molecule has 0 spiro atoms. The van der Waals surface area contributed by atoms with Crippen LogP contribution >= 0.6 is 0 Å². The van der Waals surface area contributed by atoms with Crippen molar-refractivity contribution in [2.24, 2.45) is 11.3 Å². The molecule has 0 aromatic rings. The van der Waals surface area contributed by atoms with Gasteiger partial charge in [0, 0.05) is 12.1 Å². The molecule has 0 amide bonds. The zero-order chi connectivity index (χ0) is 10.3. The van der Waals surface area contributed by atoms with Gasteiger partial charge in [-0.05, 0) is 37.0 Å². The van der Waals surface area contributed by atoms with Crippen LogP contribution < -0.4 is 5.32 Å². The van der Waals surface area contributed by atoms with Crippen molar-refractivity contribution in [1.29, 1.82) is 0 Å². The Bertz CT molecular complexity index is 208. The second-order valence-corrected chi connectivity index (χ2v) is 6.15. The quantitative estimate of drug-likeness (QED) is 0.709. The molecule has 2 aliphatic rings. The molecule has 0 radical (unpaired) electrons. The zero-order valence-electron chi connectivity index (χ0n) is 9.59. The van der Waals surface area contributed by atoms with Crippen LogP contribution in [0.25, 0.3) is 0 Å². The highest BCUT2D eigenvalue weighted by molar-refractivity contribution is 4.95. The average molecular weight is 197 g/mol. The molecular formula is C12H23NO. The molecule has 2 nitrogen and oxygen atoms in total. The molecule has 0 saturated heterocycles. The topological polar surface area (TPSA) is 32.3 Å². The summed E-state index contributed by atoms with van der Waals surface area (Å²) in [5, 5.41) is 12.9. The van der Waals surface area contributed by atoms with Crippen LogP contribution in [0.3, 0.4) is 0 Å². The number of aliphatic hydroxyl groups excluding tert-OH is 1. The van der Waals surface area contributed by atoms with Crippen molar-refractivity contribution in [2.45, 2.75) is 64.6 Å². The van der Waals surface area contributed by atoms with E-state index in [4.69, 9.17) is 0 Å². The van der Waals surface area contributed by atoms with E-state index >= 15 is 0 Å². The van der Waals surface area contributed by atoms with Crippen LogP contribution in [-0.2, 0) is 0 Å². The van der Waals surface area contributed by atoms with Gasteiger partial charge in [0.2, 0.25) is 0 Å². The van der Waals surface area contributed by atoms with E-state index in [1.54, 1.807) is 0 Å². The van der Waals surface area contributed by atoms with Gasteiger partial charge in [0.15, 0.2) is 0 Å². The molecule has 2 heteroatoms. The molecule has 2 fully saturated rings. The Morgan fingerprint density at radius 2 is 1.86 bits per heavy atom. The first-order valence-electron chi connectivity index (χ1n) is 5.90. The summed E-state index contributed by atoms with van der Waals surface area (Å²) in [4.78, 5) is 0. The molecule has 2 unspecified atom stereocenters. The van der Waals surface area contributed by atoms with Crippen LogP contribution in [0.2, 0.25) is 0 Å². The summed E-state index contributed by atoms with van der Waals surface area (Å²) in [6.45, 7) is 7.07. The predicted octanol–water partition coefficient (Wildman–Crippen LogP) is 1.92. The maximum atomic E-state index is 9.22. The summed E-state index contributed by atoms with van der Waals surface area (Å²) in [5.74, 6) is 0.794. The van der Waals surface area contributed by atoms with Crippen LogP contribution in [0.15, 0.2) is 0 Å². The van der Waals surface area contributed by atoms with E-state index in [2.05, 4.69) is 26.1 Å². The van der Waals surface area contributed by atoms with Gasteiger partial charge in [0.1, 0.15) is 0 Å². The number of hydrogen-bond donors (Lipinski definition) is 2. The lowest BCUT2D eigenvalue weighted by Gasteiger charge is -2.35. The highest BCUT2D eigenvalue weighted by Gasteiger charge is 2.39. The fourth-order valence-electron chi connectivity index (χ4n) is 3.14. The Kier molecular flexibility index (Phi) is 2.61. The summed E-state index contributed by atoms with van der Waals surface area (Å²) < 4.78 is 0. The van der Waals surface area contributed by atoms with E-state index < -0.39 is 0 Å². The first kappa shape index (κ1) is 10.4. The van der Waals surface area contributed by atoms with Gasteiger partial charge in [-0.2, -0.15) is 0 Å². The molecule has 0 bridgehead atoms. The normalized spacial score (nSPS) is 46.3.